The van der Waals surface area contributed by atoms with Gasteiger partial charge in [0.05, 0.1) is 12.2 Å². The molecule has 3 atom stereocenters. The Labute approximate surface area is 55.5 Å². The van der Waals surface area contributed by atoms with Gasteiger partial charge in [0, 0.05) is 0 Å². The summed E-state index contributed by atoms with van der Waals surface area (Å²) in [5, 5.41) is 18.1. The molecule has 1 aliphatic rings. The molecule has 3 unspecified atom stereocenters. The van der Waals surface area contributed by atoms with Crippen LogP contribution in [0.1, 0.15) is 26.2 Å². The Bertz CT molecular complexity index is 90.9. The fourth-order valence-corrected chi connectivity index (χ4v) is 1.43. The van der Waals surface area contributed by atoms with Crippen molar-refractivity contribution >= 4 is 0 Å². The third-order valence-electron chi connectivity index (χ3n) is 2.13. The average molecular weight is 130 g/mol. The highest BCUT2D eigenvalue weighted by Gasteiger charge is 2.25. The maximum atomic E-state index is 9.06. The van der Waals surface area contributed by atoms with Crippen LogP contribution >= 0.6 is 0 Å². The highest BCUT2D eigenvalue weighted by Crippen LogP contribution is 2.27. The van der Waals surface area contributed by atoms with Crippen LogP contribution in [0.2, 0.25) is 0 Å². The molecule has 0 spiro atoms. The first-order valence-corrected chi connectivity index (χ1v) is 3.56. The number of hydrogen-bond acceptors (Lipinski definition) is 2. The Hall–Kier alpha value is -0.0800. The van der Waals surface area contributed by atoms with E-state index < -0.39 is 0 Å². The first-order chi connectivity index (χ1) is 4.20. The second-order valence-electron chi connectivity index (χ2n) is 2.97. The Kier molecular flexibility index (Phi) is 2.09. The van der Waals surface area contributed by atoms with Crippen LogP contribution in [0.5, 0.6) is 0 Å². The summed E-state index contributed by atoms with van der Waals surface area (Å²) < 4.78 is 0. The van der Waals surface area contributed by atoms with Crippen LogP contribution in [0, 0.1) is 5.92 Å². The number of rotatable bonds is 1. The Morgan fingerprint density at radius 1 is 1.44 bits per heavy atom. The normalized spacial score (nSPS) is 39.0. The zero-order valence-electron chi connectivity index (χ0n) is 5.75. The van der Waals surface area contributed by atoms with Gasteiger partial charge in [0.1, 0.15) is 0 Å². The summed E-state index contributed by atoms with van der Waals surface area (Å²) in [6.07, 6.45) is 2.26. The molecule has 54 valence electrons. The summed E-state index contributed by atoms with van der Waals surface area (Å²) in [7, 11) is 0. The van der Waals surface area contributed by atoms with Gasteiger partial charge in [-0.05, 0) is 32.1 Å². The molecule has 9 heavy (non-hydrogen) atoms. The van der Waals surface area contributed by atoms with Crippen molar-refractivity contribution in [2.45, 2.75) is 38.4 Å². The zero-order chi connectivity index (χ0) is 6.85. The molecular weight excluding hydrogens is 116 g/mol. The van der Waals surface area contributed by atoms with Gasteiger partial charge >= 0.3 is 0 Å². The minimum atomic E-state index is -0.234. The topological polar surface area (TPSA) is 40.5 Å². The van der Waals surface area contributed by atoms with Crippen molar-refractivity contribution in [3.8, 4) is 0 Å². The van der Waals surface area contributed by atoms with E-state index in [2.05, 4.69) is 0 Å². The van der Waals surface area contributed by atoms with E-state index in [1.165, 1.54) is 0 Å². The largest absolute Gasteiger partial charge is 0.393 e. The van der Waals surface area contributed by atoms with Crippen molar-refractivity contribution in [2.24, 2.45) is 5.92 Å². The lowest BCUT2D eigenvalue weighted by Crippen LogP contribution is -2.13. The van der Waals surface area contributed by atoms with Gasteiger partial charge in [0.2, 0.25) is 0 Å². The molecule has 2 heteroatoms. The summed E-state index contributed by atoms with van der Waals surface area (Å²) in [6, 6.07) is 0. The van der Waals surface area contributed by atoms with E-state index in [1.54, 1.807) is 6.92 Å². The van der Waals surface area contributed by atoms with Gasteiger partial charge in [-0.1, -0.05) is 0 Å². The van der Waals surface area contributed by atoms with Gasteiger partial charge < -0.3 is 10.2 Å². The Morgan fingerprint density at radius 2 is 2.11 bits per heavy atom. The molecule has 0 aromatic heterocycles. The molecule has 0 aromatic rings. The maximum Gasteiger partial charge on any atom is 0.0544 e. The second-order valence-corrected chi connectivity index (χ2v) is 2.97. The molecule has 1 aliphatic carbocycles. The number of aliphatic hydroxyl groups is 2. The van der Waals surface area contributed by atoms with Gasteiger partial charge in [0.25, 0.3) is 0 Å². The maximum absolute atomic E-state index is 9.06. The van der Waals surface area contributed by atoms with Crippen molar-refractivity contribution in [3.63, 3.8) is 0 Å². The predicted molar refractivity (Wildman–Crippen MR) is 35.0 cm³/mol. The van der Waals surface area contributed by atoms with Gasteiger partial charge in [-0.15, -0.1) is 0 Å². The second kappa shape index (κ2) is 2.67. The summed E-state index contributed by atoms with van der Waals surface area (Å²) in [4.78, 5) is 0. The smallest absolute Gasteiger partial charge is 0.0544 e. The standard InChI is InChI=1S/C7H14O2/c1-5(8)6-2-3-7(9)4-6/h5-9H,2-4H2,1H3. The van der Waals surface area contributed by atoms with Crippen molar-refractivity contribution < 1.29 is 10.2 Å². The van der Waals surface area contributed by atoms with E-state index in [0.29, 0.717) is 5.92 Å². The van der Waals surface area contributed by atoms with Gasteiger partial charge in [-0.2, -0.15) is 0 Å². The molecule has 0 amide bonds. The number of hydrogen-bond donors (Lipinski definition) is 2. The van der Waals surface area contributed by atoms with Crippen molar-refractivity contribution in [2.75, 3.05) is 0 Å². The van der Waals surface area contributed by atoms with E-state index >= 15 is 0 Å². The van der Waals surface area contributed by atoms with Crippen LogP contribution < -0.4 is 0 Å². The predicted octanol–water partition coefficient (Wildman–Crippen LogP) is 0.528. The first-order valence-electron chi connectivity index (χ1n) is 3.56. The number of aliphatic hydroxyl groups excluding tert-OH is 2. The molecule has 0 saturated heterocycles. The van der Waals surface area contributed by atoms with Gasteiger partial charge in [-0.25, -0.2) is 0 Å². The van der Waals surface area contributed by atoms with Crippen LogP contribution in [0.25, 0.3) is 0 Å². The third kappa shape index (κ3) is 1.66. The highest BCUT2D eigenvalue weighted by atomic mass is 16.3. The molecule has 2 nitrogen and oxygen atoms in total. The van der Waals surface area contributed by atoms with Crippen molar-refractivity contribution in [1.29, 1.82) is 0 Å². The van der Waals surface area contributed by atoms with E-state index in [9.17, 15) is 0 Å². The molecule has 0 aromatic carbocycles. The summed E-state index contributed by atoms with van der Waals surface area (Å²) in [5.41, 5.74) is 0. The zero-order valence-corrected chi connectivity index (χ0v) is 5.75. The van der Waals surface area contributed by atoms with Crippen LogP contribution in [0.15, 0.2) is 0 Å². The minimum Gasteiger partial charge on any atom is -0.393 e. The lowest BCUT2D eigenvalue weighted by molar-refractivity contribution is 0.112. The molecule has 0 radical (unpaired) electrons. The Morgan fingerprint density at radius 3 is 2.33 bits per heavy atom. The first kappa shape index (κ1) is 7.03. The van der Waals surface area contributed by atoms with Crippen molar-refractivity contribution in [1.82, 2.24) is 0 Å². The van der Waals surface area contributed by atoms with E-state index in [0.717, 1.165) is 19.3 Å². The molecule has 0 aliphatic heterocycles. The van der Waals surface area contributed by atoms with Crippen LogP contribution in [-0.2, 0) is 0 Å². The molecule has 1 rings (SSSR count). The SMILES string of the molecule is CC(O)C1CCC(O)C1. The average Bonchev–Trinajstić information content (AvgIpc) is 2.14. The van der Waals surface area contributed by atoms with E-state index in [-0.39, 0.29) is 12.2 Å². The Balaban J connectivity index is 2.30. The summed E-state index contributed by atoms with van der Waals surface area (Å²) in [5.74, 6) is 0.347. The third-order valence-corrected chi connectivity index (χ3v) is 2.13. The lowest BCUT2D eigenvalue weighted by atomic mass is 10.0. The highest BCUT2D eigenvalue weighted by molar-refractivity contribution is 4.77. The molecular formula is C7H14O2. The fraction of sp³-hybridized carbons (Fsp3) is 1.00. The van der Waals surface area contributed by atoms with Crippen LogP contribution in [-0.4, -0.2) is 22.4 Å². The van der Waals surface area contributed by atoms with E-state index in [4.69, 9.17) is 10.2 Å². The molecule has 2 N–H and O–H groups in total. The molecule has 0 heterocycles. The lowest BCUT2D eigenvalue weighted by Gasteiger charge is -2.11. The van der Waals surface area contributed by atoms with Gasteiger partial charge in [-0.3, -0.25) is 0 Å². The molecule has 1 fully saturated rings. The quantitative estimate of drug-likeness (QED) is 0.543. The summed E-state index contributed by atoms with van der Waals surface area (Å²) >= 11 is 0. The minimum absolute atomic E-state index is 0.149. The summed E-state index contributed by atoms with van der Waals surface area (Å²) in [6.45, 7) is 1.79. The molecule has 0 bridgehead atoms. The van der Waals surface area contributed by atoms with Crippen LogP contribution in [0.4, 0.5) is 0 Å². The van der Waals surface area contributed by atoms with E-state index in [1.807, 2.05) is 0 Å². The van der Waals surface area contributed by atoms with Gasteiger partial charge in [0.15, 0.2) is 0 Å². The van der Waals surface area contributed by atoms with Crippen LogP contribution in [0.3, 0.4) is 0 Å². The van der Waals surface area contributed by atoms with Crippen molar-refractivity contribution in [3.05, 3.63) is 0 Å². The molecule has 1 saturated carbocycles. The monoisotopic (exact) mass is 130 g/mol. The fourth-order valence-electron chi connectivity index (χ4n) is 1.43.